The van der Waals surface area contributed by atoms with Crippen molar-refractivity contribution in [2.24, 2.45) is 11.5 Å². The van der Waals surface area contributed by atoms with Crippen LogP contribution in [0.3, 0.4) is 0 Å². The quantitative estimate of drug-likeness (QED) is 0.493. The fourth-order valence-corrected chi connectivity index (χ4v) is 0.727. The van der Waals surface area contributed by atoms with Crippen molar-refractivity contribution in [1.82, 2.24) is 5.32 Å². The highest BCUT2D eigenvalue weighted by Crippen LogP contribution is 1.89. The largest absolute Gasteiger partial charge is 0.370 e. The van der Waals surface area contributed by atoms with Gasteiger partial charge in [0.05, 0.1) is 6.04 Å². The smallest absolute Gasteiger partial charge is 0.236 e. The van der Waals surface area contributed by atoms with E-state index in [1.54, 1.807) is 13.8 Å². The average molecular weight is 173 g/mol. The van der Waals surface area contributed by atoms with Crippen LogP contribution in [-0.2, 0) is 9.59 Å². The molecule has 0 spiro atoms. The molecular weight excluding hydrogens is 158 g/mol. The molecule has 5 nitrogen and oxygen atoms in total. The Hall–Kier alpha value is -1.10. The van der Waals surface area contributed by atoms with Crippen molar-refractivity contribution < 1.29 is 9.59 Å². The number of carbonyl (C=O) groups excluding carboxylic acids is 2. The normalized spacial score (nSPS) is 14.9. The third-order valence-electron chi connectivity index (χ3n) is 1.31. The molecule has 70 valence electrons. The van der Waals surface area contributed by atoms with Crippen LogP contribution in [0, 0.1) is 0 Å². The summed E-state index contributed by atoms with van der Waals surface area (Å²) in [6, 6.07) is -0.804. The first-order chi connectivity index (χ1) is 5.43. The molecule has 0 aromatic heterocycles. The number of rotatable bonds is 4. The van der Waals surface area contributed by atoms with E-state index in [9.17, 15) is 9.59 Å². The van der Waals surface area contributed by atoms with Gasteiger partial charge in [0.25, 0.3) is 0 Å². The summed E-state index contributed by atoms with van der Waals surface area (Å²) >= 11 is 0. The van der Waals surface area contributed by atoms with Crippen LogP contribution in [-0.4, -0.2) is 23.9 Å². The Bertz CT molecular complexity index is 179. The molecule has 5 N–H and O–H groups in total. The molecule has 0 saturated heterocycles. The molecule has 0 aromatic rings. The molecule has 0 aromatic carbocycles. The maximum absolute atomic E-state index is 10.9. The second kappa shape index (κ2) is 4.71. The van der Waals surface area contributed by atoms with Gasteiger partial charge in [-0.05, 0) is 13.8 Å². The van der Waals surface area contributed by atoms with Crippen molar-refractivity contribution in [3.05, 3.63) is 0 Å². The number of hydrogen-bond donors (Lipinski definition) is 3. The molecule has 0 rings (SSSR count). The molecule has 0 aliphatic rings. The summed E-state index contributed by atoms with van der Waals surface area (Å²) in [6.45, 7) is 3.28. The number of nitrogens with one attached hydrogen (secondary N) is 1. The lowest BCUT2D eigenvalue weighted by atomic mass is 10.2. The van der Waals surface area contributed by atoms with Gasteiger partial charge in [-0.25, -0.2) is 0 Å². The van der Waals surface area contributed by atoms with Gasteiger partial charge in [0.2, 0.25) is 11.8 Å². The topological polar surface area (TPSA) is 98.2 Å². The molecule has 1 unspecified atom stereocenters. The van der Waals surface area contributed by atoms with Crippen molar-refractivity contribution in [2.75, 3.05) is 0 Å². The minimum absolute atomic E-state index is 0.137. The molecule has 2 atom stereocenters. The van der Waals surface area contributed by atoms with Gasteiger partial charge in [0, 0.05) is 12.5 Å². The number of hydrogen-bond acceptors (Lipinski definition) is 3. The van der Waals surface area contributed by atoms with Gasteiger partial charge in [-0.15, -0.1) is 0 Å². The monoisotopic (exact) mass is 173 g/mol. The Kier molecular flexibility index (Phi) is 4.28. The first-order valence-corrected chi connectivity index (χ1v) is 3.77. The minimum Gasteiger partial charge on any atom is -0.370 e. The number of primary amides is 1. The van der Waals surface area contributed by atoms with Crippen LogP contribution in [0.15, 0.2) is 0 Å². The van der Waals surface area contributed by atoms with E-state index in [1.165, 1.54) is 0 Å². The van der Waals surface area contributed by atoms with E-state index in [0.29, 0.717) is 0 Å². The average Bonchev–Trinajstić information content (AvgIpc) is 1.84. The predicted octanol–water partition coefficient (Wildman–Crippen LogP) is -1.29. The fourth-order valence-electron chi connectivity index (χ4n) is 0.727. The third-order valence-corrected chi connectivity index (χ3v) is 1.31. The number of amides is 2. The van der Waals surface area contributed by atoms with E-state index < -0.39 is 11.9 Å². The zero-order valence-electron chi connectivity index (χ0n) is 7.33. The van der Waals surface area contributed by atoms with Crippen LogP contribution in [0.1, 0.15) is 20.3 Å². The lowest BCUT2D eigenvalue weighted by Crippen LogP contribution is -2.43. The van der Waals surface area contributed by atoms with Gasteiger partial charge in [-0.3, -0.25) is 9.59 Å². The van der Waals surface area contributed by atoms with Crippen molar-refractivity contribution in [3.63, 3.8) is 0 Å². The van der Waals surface area contributed by atoms with Gasteiger partial charge >= 0.3 is 0 Å². The number of nitrogens with two attached hydrogens (primary N) is 2. The molecule has 12 heavy (non-hydrogen) atoms. The predicted molar refractivity (Wildman–Crippen MR) is 45.1 cm³/mol. The van der Waals surface area contributed by atoms with Crippen LogP contribution in [0.5, 0.6) is 0 Å². The summed E-state index contributed by atoms with van der Waals surface area (Å²) in [5, 5.41) is 2.55. The summed E-state index contributed by atoms with van der Waals surface area (Å²) in [6.07, 6.45) is 0.137. The second-order valence-electron chi connectivity index (χ2n) is 2.87. The maximum atomic E-state index is 10.9. The van der Waals surface area contributed by atoms with Crippen LogP contribution < -0.4 is 16.8 Å². The van der Waals surface area contributed by atoms with Crippen LogP contribution in [0.4, 0.5) is 0 Å². The van der Waals surface area contributed by atoms with Crippen molar-refractivity contribution >= 4 is 11.8 Å². The van der Waals surface area contributed by atoms with E-state index in [2.05, 4.69) is 5.32 Å². The van der Waals surface area contributed by atoms with E-state index in [-0.39, 0.29) is 18.4 Å². The Morgan fingerprint density at radius 3 is 2.25 bits per heavy atom. The Morgan fingerprint density at radius 1 is 1.42 bits per heavy atom. The van der Waals surface area contributed by atoms with E-state index in [1.807, 2.05) is 0 Å². The third kappa shape index (κ3) is 4.68. The lowest BCUT2D eigenvalue weighted by molar-refractivity contribution is -0.123. The highest BCUT2D eigenvalue weighted by molar-refractivity contribution is 5.82. The van der Waals surface area contributed by atoms with Crippen LogP contribution in [0.25, 0.3) is 0 Å². The molecule has 0 aliphatic carbocycles. The lowest BCUT2D eigenvalue weighted by Gasteiger charge is -2.13. The second-order valence-corrected chi connectivity index (χ2v) is 2.87. The number of carbonyl (C=O) groups is 2. The van der Waals surface area contributed by atoms with Crippen molar-refractivity contribution in [3.8, 4) is 0 Å². The fraction of sp³-hybridized carbons (Fsp3) is 0.714. The minimum atomic E-state index is -0.555. The molecule has 2 amide bonds. The van der Waals surface area contributed by atoms with E-state index in [4.69, 9.17) is 11.5 Å². The highest BCUT2D eigenvalue weighted by atomic mass is 16.2. The molecule has 0 heterocycles. The highest BCUT2D eigenvalue weighted by Gasteiger charge is 2.12. The first kappa shape index (κ1) is 10.9. The summed E-state index contributed by atoms with van der Waals surface area (Å²) in [7, 11) is 0. The molecule has 0 aliphatic heterocycles. The standard InChI is InChI=1S/C7H15N3O2/c1-4(3-6(9)11)10-7(12)5(2)8/h4-5H,3,8H2,1-2H3,(H2,9,11)(H,10,12)/t4?,5-/m1/s1. The van der Waals surface area contributed by atoms with Gasteiger partial charge in [0.15, 0.2) is 0 Å². The van der Waals surface area contributed by atoms with Crippen LogP contribution >= 0.6 is 0 Å². The summed E-state index contributed by atoms with van der Waals surface area (Å²) < 4.78 is 0. The first-order valence-electron chi connectivity index (χ1n) is 3.77. The molecule has 0 radical (unpaired) electrons. The summed E-state index contributed by atoms with van der Waals surface area (Å²) in [5.41, 5.74) is 10.2. The zero-order valence-corrected chi connectivity index (χ0v) is 7.33. The SMILES string of the molecule is CC(CC(N)=O)NC(=O)[C@@H](C)N. The Labute approximate surface area is 71.5 Å². The van der Waals surface area contributed by atoms with Gasteiger partial charge in [-0.1, -0.05) is 0 Å². The summed E-state index contributed by atoms with van der Waals surface area (Å²) in [5.74, 6) is -0.712. The molecular formula is C7H15N3O2. The molecule has 0 bridgehead atoms. The molecule has 0 fully saturated rings. The Morgan fingerprint density at radius 2 is 1.92 bits per heavy atom. The van der Waals surface area contributed by atoms with Gasteiger partial charge in [0.1, 0.15) is 0 Å². The van der Waals surface area contributed by atoms with Crippen LogP contribution in [0.2, 0.25) is 0 Å². The Balaban J connectivity index is 3.76. The maximum Gasteiger partial charge on any atom is 0.236 e. The van der Waals surface area contributed by atoms with Crippen molar-refractivity contribution in [2.45, 2.75) is 32.4 Å². The van der Waals surface area contributed by atoms with Gasteiger partial charge in [-0.2, -0.15) is 0 Å². The van der Waals surface area contributed by atoms with E-state index in [0.717, 1.165) is 0 Å². The van der Waals surface area contributed by atoms with E-state index >= 15 is 0 Å². The zero-order chi connectivity index (χ0) is 9.72. The molecule has 5 heteroatoms. The molecule has 0 saturated carbocycles. The van der Waals surface area contributed by atoms with Gasteiger partial charge < -0.3 is 16.8 Å². The summed E-state index contributed by atoms with van der Waals surface area (Å²) in [4.78, 5) is 21.3. The van der Waals surface area contributed by atoms with Crippen molar-refractivity contribution in [1.29, 1.82) is 0 Å².